The molecule has 1 aliphatic rings. The highest BCUT2D eigenvalue weighted by molar-refractivity contribution is 5.98. The van der Waals surface area contributed by atoms with Crippen LogP contribution in [0.5, 0.6) is 0 Å². The first-order valence-corrected chi connectivity index (χ1v) is 4.01. The summed E-state index contributed by atoms with van der Waals surface area (Å²) in [4.78, 5) is 13.1. The van der Waals surface area contributed by atoms with Gasteiger partial charge in [-0.15, -0.1) is 0 Å². The molecule has 1 amide bonds. The zero-order chi connectivity index (χ0) is 9.42. The Hall–Kier alpha value is -1.82. The first-order valence-electron chi connectivity index (χ1n) is 4.01. The maximum atomic E-state index is 11.4. The third-order valence-electron chi connectivity index (χ3n) is 2.22. The lowest BCUT2D eigenvalue weighted by Crippen LogP contribution is -2.17. The second kappa shape index (κ2) is 2.60. The molecule has 0 atom stereocenters. The fourth-order valence-electron chi connectivity index (χ4n) is 1.54. The Morgan fingerprint density at radius 2 is 2.31 bits per heavy atom. The van der Waals surface area contributed by atoms with Gasteiger partial charge in [-0.25, -0.2) is 0 Å². The van der Waals surface area contributed by atoms with Gasteiger partial charge in [0.25, 0.3) is 5.91 Å². The Kier molecular flexibility index (Phi) is 1.56. The third kappa shape index (κ3) is 1.07. The molecule has 0 saturated heterocycles. The van der Waals surface area contributed by atoms with Gasteiger partial charge in [-0.1, -0.05) is 0 Å². The normalized spacial score (nSPS) is 14.2. The third-order valence-corrected chi connectivity index (χ3v) is 2.22. The van der Waals surface area contributed by atoms with Crippen LogP contribution in [0.15, 0.2) is 18.2 Å². The van der Waals surface area contributed by atoms with Crippen LogP contribution in [0.3, 0.4) is 0 Å². The lowest BCUT2D eigenvalue weighted by Gasteiger charge is -2.04. The largest absolute Gasteiger partial charge is 0.337 e. The van der Waals surface area contributed by atoms with Gasteiger partial charge < -0.3 is 4.90 Å². The van der Waals surface area contributed by atoms with Gasteiger partial charge in [-0.2, -0.15) is 5.26 Å². The van der Waals surface area contributed by atoms with Crippen molar-refractivity contribution in [3.05, 3.63) is 34.9 Å². The van der Waals surface area contributed by atoms with Crippen molar-refractivity contribution < 1.29 is 4.79 Å². The van der Waals surface area contributed by atoms with Crippen LogP contribution in [0.2, 0.25) is 0 Å². The van der Waals surface area contributed by atoms with Crippen LogP contribution in [-0.4, -0.2) is 17.9 Å². The molecule has 0 saturated carbocycles. The van der Waals surface area contributed by atoms with Crippen molar-refractivity contribution >= 4 is 5.91 Å². The summed E-state index contributed by atoms with van der Waals surface area (Å²) in [5, 5.41) is 8.65. The van der Waals surface area contributed by atoms with E-state index in [1.165, 1.54) is 0 Å². The molecule has 0 fully saturated rings. The molecule has 13 heavy (non-hydrogen) atoms. The second-order valence-corrected chi connectivity index (χ2v) is 3.14. The van der Waals surface area contributed by atoms with Gasteiger partial charge in [0.1, 0.15) is 0 Å². The molecule has 3 heteroatoms. The van der Waals surface area contributed by atoms with E-state index in [0.29, 0.717) is 12.1 Å². The van der Waals surface area contributed by atoms with E-state index in [1.807, 2.05) is 0 Å². The average molecular weight is 172 g/mol. The van der Waals surface area contributed by atoms with Gasteiger partial charge in [-0.05, 0) is 23.8 Å². The summed E-state index contributed by atoms with van der Waals surface area (Å²) in [6.07, 6.45) is 0. The van der Waals surface area contributed by atoms with E-state index in [4.69, 9.17) is 5.26 Å². The van der Waals surface area contributed by atoms with Crippen molar-refractivity contribution in [3.8, 4) is 6.07 Å². The summed E-state index contributed by atoms with van der Waals surface area (Å²) in [7, 11) is 1.76. The number of hydrogen-bond acceptors (Lipinski definition) is 2. The standard InChI is InChI=1S/C10H8N2O/c1-12-6-8-4-7(5-11)2-3-9(8)10(12)13/h2-4H,6H2,1H3. The zero-order valence-corrected chi connectivity index (χ0v) is 7.24. The summed E-state index contributed by atoms with van der Waals surface area (Å²) in [6.45, 7) is 0.615. The van der Waals surface area contributed by atoms with Gasteiger partial charge in [0.05, 0.1) is 11.6 Å². The van der Waals surface area contributed by atoms with Crippen molar-refractivity contribution in [2.45, 2.75) is 6.54 Å². The Bertz CT molecular complexity index is 417. The molecular formula is C10H8N2O. The molecule has 0 N–H and O–H groups in total. The number of carbonyl (C=O) groups is 1. The number of carbonyl (C=O) groups excluding carboxylic acids is 1. The first-order chi connectivity index (χ1) is 6.22. The van der Waals surface area contributed by atoms with Crippen LogP contribution in [0.1, 0.15) is 21.5 Å². The Morgan fingerprint density at radius 1 is 1.54 bits per heavy atom. The molecule has 0 radical (unpaired) electrons. The Morgan fingerprint density at radius 3 is 3.00 bits per heavy atom. The van der Waals surface area contributed by atoms with E-state index in [1.54, 1.807) is 30.1 Å². The van der Waals surface area contributed by atoms with Crippen LogP contribution in [0, 0.1) is 11.3 Å². The van der Waals surface area contributed by atoms with Crippen LogP contribution in [0.4, 0.5) is 0 Å². The molecule has 1 aliphatic heterocycles. The Balaban J connectivity index is 2.54. The molecule has 2 rings (SSSR count). The number of rotatable bonds is 0. The summed E-state index contributed by atoms with van der Waals surface area (Å²) >= 11 is 0. The smallest absolute Gasteiger partial charge is 0.254 e. The summed E-state index contributed by atoms with van der Waals surface area (Å²) in [5.74, 6) is 0.0412. The maximum absolute atomic E-state index is 11.4. The van der Waals surface area contributed by atoms with Gasteiger partial charge in [0, 0.05) is 19.2 Å². The van der Waals surface area contributed by atoms with E-state index in [0.717, 1.165) is 11.1 Å². The van der Waals surface area contributed by atoms with Crippen molar-refractivity contribution in [1.29, 1.82) is 5.26 Å². The van der Waals surface area contributed by atoms with Crippen molar-refractivity contribution in [3.63, 3.8) is 0 Å². The van der Waals surface area contributed by atoms with Crippen molar-refractivity contribution in [1.82, 2.24) is 4.90 Å². The summed E-state index contributed by atoms with van der Waals surface area (Å²) in [5.41, 5.74) is 2.29. The van der Waals surface area contributed by atoms with E-state index in [9.17, 15) is 4.79 Å². The highest BCUT2D eigenvalue weighted by atomic mass is 16.2. The number of amides is 1. The molecule has 1 aromatic carbocycles. The van der Waals surface area contributed by atoms with Gasteiger partial charge in [-0.3, -0.25) is 4.79 Å². The summed E-state index contributed by atoms with van der Waals surface area (Å²) in [6, 6.07) is 7.23. The van der Waals surface area contributed by atoms with Crippen LogP contribution in [0.25, 0.3) is 0 Å². The molecular weight excluding hydrogens is 164 g/mol. The monoisotopic (exact) mass is 172 g/mol. The molecule has 3 nitrogen and oxygen atoms in total. The van der Waals surface area contributed by atoms with Gasteiger partial charge in [0.2, 0.25) is 0 Å². The number of benzene rings is 1. The van der Waals surface area contributed by atoms with Crippen molar-refractivity contribution in [2.24, 2.45) is 0 Å². The van der Waals surface area contributed by atoms with E-state index in [-0.39, 0.29) is 5.91 Å². The van der Waals surface area contributed by atoms with E-state index < -0.39 is 0 Å². The molecule has 0 bridgehead atoms. The lowest BCUT2D eigenvalue weighted by molar-refractivity contribution is 0.0816. The SMILES string of the molecule is CN1Cc2cc(C#N)ccc2C1=O. The molecule has 0 aliphatic carbocycles. The van der Waals surface area contributed by atoms with Gasteiger partial charge >= 0.3 is 0 Å². The highest BCUT2D eigenvalue weighted by Crippen LogP contribution is 2.21. The number of nitrogens with zero attached hydrogens (tertiary/aromatic N) is 2. The lowest BCUT2D eigenvalue weighted by atomic mass is 10.1. The zero-order valence-electron chi connectivity index (χ0n) is 7.24. The predicted octanol–water partition coefficient (Wildman–Crippen LogP) is 1.14. The quantitative estimate of drug-likeness (QED) is 0.589. The van der Waals surface area contributed by atoms with Crippen LogP contribution >= 0.6 is 0 Å². The maximum Gasteiger partial charge on any atom is 0.254 e. The van der Waals surface area contributed by atoms with E-state index in [2.05, 4.69) is 6.07 Å². The van der Waals surface area contributed by atoms with Gasteiger partial charge in [0.15, 0.2) is 0 Å². The second-order valence-electron chi connectivity index (χ2n) is 3.14. The topological polar surface area (TPSA) is 44.1 Å². The fourth-order valence-corrected chi connectivity index (χ4v) is 1.54. The minimum atomic E-state index is 0.0412. The molecule has 0 aromatic heterocycles. The molecule has 64 valence electrons. The molecule has 1 heterocycles. The Labute approximate surface area is 76.2 Å². The average Bonchev–Trinajstić information content (AvgIpc) is 2.42. The first kappa shape index (κ1) is 7.81. The van der Waals surface area contributed by atoms with Crippen LogP contribution < -0.4 is 0 Å². The van der Waals surface area contributed by atoms with E-state index >= 15 is 0 Å². The summed E-state index contributed by atoms with van der Waals surface area (Å²) < 4.78 is 0. The molecule has 0 unspecified atom stereocenters. The molecule has 1 aromatic rings. The van der Waals surface area contributed by atoms with Crippen molar-refractivity contribution in [2.75, 3.05) is 7.05 Å². The molecule has 0 spiro atoms. The predicted molar refractivity (Wildman–Crippen MR) is 47.0 cm³/mol. The fraction of sp³-hybridized carbons (Fsp3) is 0.200. The van der Waals surface area contributed by atoms with Crippen LogP contribution in [-0.2, 0) is 6.54 Å². The minimum absolute atomic E-state index is 0.0412. The minimum Gasteiger partial charge on any atom is -0.337 e. The number of fused-ring (bicyclic) bond motifs is 1. The number of hydrogen-bond donors (Lipinski definition) is 0. The number of nitriles is 1. The highest BCUT2D eigenvalue weighted by Gasteiger charge is 2.23.